The zero-order chi connectivity index (χ0) is 37.1. The number of hydrogen-bond acceptors (Lipinski definition) is 5. The van der Waals surface area contributed by atoms with Gasteiger partial charge in [0.2, 0.25) is 0 Å². The Bertz CT molecular complexity index is 984. The molecule has 0 aromatic carbocycles. The Hall–Kier alpha value is -2.92. The number of rotatable bonds is 36. The zero-order valence-electron chi connectivity index (χ0n) is 32.8. The second-order valence-electron chi connectivity index (χ2n) is 13.3. The lowest BCUT2D eigenvalue weighted by Gasteiger charge is -2.15. The third-order valence-corrected chi connectivity index (χ3v) is 8.42. The maximum absolute atomic E-state index is 12.2. The molecule has 5 nitrogen and oxygen atoms in total. The summed E-state index contributed by atoms with van der Waals surface area (Å²) in [7, 11) is 0. The second-order valence-corrected chi connectivity index (χ2v) is 13.3. The van der Waals surface area contributed by atoms with Crippen molar-refractivity contribution in [3.05, 3.63) is 85.1 Å². The van der Waals surface area contributed by atoms with Gasteiger partial charge in [0.1, 0.15) is 6.61 Å². The Morgan fingerprint density at radius 1 is 0.471 bits per heavy atom. The predicted octanol–water partition coefficient (Wildman–Crippen LogP) is 13.1. The molecule has 1 atom stereocenters. The van der Waals surface area contributed by atoms with Crippen LogP contribution in [0.2, 0.25) is 0 Å². The fraction of sp³-hybridized carbons (Fsp3) is 0.652. The molecule has 1 N–H and O–H groups in total. The molecule has 0 saturated heterocycles. The largest absolute Gasteiger partial charge is 0.462 e. The summed E-state index contributed by atoms with van der Waals surface area (Å²) < 4.78 is 10.6. The van der Waals surface area contributed by atoms with E-state index >= 15 is 0 Å². The fourth-order valence-electron chi connectivity index (χ4n) is 5.31. The Morgan fingerprint density at radius 3 is 1.33 bits per heavy atom. The third kappa shape index (κ3) is 39.7. The Kier molecular flexibility index (Phi) is 39.1. The van der Waals surface area contributed by atoms with Gasteiger partial charge in [-0.2, -0.15) is 0 Å². The molecule has 0 saturated carbocycles. The number of hydrogen-bond donors (Lipinski definition) is 1. The molecule has 0 fully saturated rings. The molecule has 0 bridgehead atoms. The van der Waals surface area contributed by atoms with Crippen molar-refractivity contribution in [3.63, 3.8) is 0 Å². The van der Waals surface area contributed by atoms with Crippen molar-refractivity contribution in [3.8, 4) is 0 Å². The van der Waals surface area contributed by atoms with E-state index < -0.39 is 6.10 Å². The van der Waals surface area contributed by atoms with E-state index in [4.69, 9.17) is 9.47 Å². The molecule has 0 heterocycles. The molecule has 0 radical (unpaired) electrons. The van der Waals surface area contributed by atoms with Crippen molar-refractivity contribution >= 4 is 11.9 Å². The van der Waals surface area contributed by atoms with E-state index in [0.717, 1.165) is 83.5 Å². The van der Waals surface area contributed by atoms with Gasteiger partial charge in [-0.15, -0.1) is 0 Å². The van der Waals surface area contributed by atoms with Crippen LogP contribution >= 0.6 is 0 Å². The van der Waals surface area contributed by atoms with E-state index in [-0.39, 0.29) is 25.2 Å². The molecule has 0 rings (SSSR count). The molecule has 0 aliphatic rings. The quantitative estimate of drug-likeness (QED) is 0.0398. The molecule has 0 aliphatic carbocycles. The smallest absolute Gasteiger partial charge is 0.306 e. The first-order valence-corrected chi connectivity index (χ1v) is 20.6. The van der Waals surface area contributed by atoms with Gasteiger partial charge < -0.3 is 14.6 Å². The predicted molar refractivity (Wildman–Crippen MR) is 219 cm³/mol. The average molecular weight is 709 g/mol. The standard InChI is InChI=1S/C46H76O5/c1-3-5-7-9-11-13-15-17-19-21-22-23-24-25-27-29-31-33-35-37-39-41-46(49)51-44(42-47)43-50-45(48)40-38-36-34-32-30-28-26-20-18-16-14-12-10-8-6-4-2/h5,7,11,13,17,19-20,22-23,25-27,31,33,44,47H,3-4,6,8-10,12,14-16,18,21,24,28-30,32,34-43H2,1-2H3/b7-5-,13-11-,19-17-,23-22-,26-20-,27-25-,33-31-. The minimum atomic E-state index is -0.802. The van der Waals surface area contributed by atoms with Crippen LogP contribution in [-0.2, 0) is 19.1 Å². The Balaban J connectivity index is 3.69. The zero-order valence-corrected chi connectivity index (χ0v) is 32.8. The van der Waals surface area contributed by atoms with Gasteiger partial charge in [-0.1, -0.05) is 157 Å². The van der Waals surface area contributed by atoms with Gasteiger partial charge in [0.25, 0.3) is 0 Å². The van der Waals surface area contributed by atoms with Crippen LogP contribution < -0.4 is 0 Å². The maximum Gasteiger partial charge on any atom is 0.306 e. The highest BCUT2D eigenvalue weighted by molar-refractivity contribution is 5.70. The van der Waals surface area contributed by atoms with Crippen molar-refractivity contribution in [2.75, 3.05) is 13.2 Å². The fourth-order valence-corrected chi connectivity index (χ4v) is 5.31. The lowest BCUT2D eigenvalue weighted by molar-refractivity contribution is -0.161. The first-order valence-electron chi connectivity index (χ1n) is 20.6. The minimum absolute atomic E-state index is 0.0925. The van der Waals surface area contributed by atoms with Crippen molar-refractivity contribution in [1.29, 1.82) is 0 Å². The third-order valence-electron chi connectivity index (χ3n) is 8.42. The van der Waals surface area contributed by atoms with Crippen LogP contribution in [0.5, 0.6) is 0 Å². The number of esters is 2. The molecule has 0 amide bonds. The van der Waals surface area contributed by atoms with Crippen LogP contribution in [0.25, 0.3) is 0 Å². The van der Waals surface area contributed by atoms with Gasteiger partial charge in [-0.25, -0.2) is 0 Å². The SMILES string of the molecule is CC/C=C\C/C=C\C/C=C\C/C=C\C/C=C\C/C=C\CCCCC(=O)OC(CO)COC(=O)CCCCCCC/C=C\CCCCCCCCC. The average Bonchev–Trinajstić information content (AvgIpc) is 3.13. The van der Waals surface area contributed by atoms with Crippen molar-refractivity contribution in [2.45, 2.75) is 180 Å². The first-order chi connectivity index (χ1) is 25.1. The molecule has 0 aromatic rings. The van der Waals surface area contributed by atoms with Crippen LogP contribution in [0, 0.1) is 0 Å². The van der Waals surface area contributed by atoms with Gasteiger partial charge >= 0.3 is 11.9 Å². The summed E-state index contributed by atoms with van der Waals surface area (Å²) in [5.74, 6) is -0.658. The number of aliphatic hydroxyl groups excluding tert-OH is 1. The number of carbonyl (C=O) groups is 2. The summed E-state index contributed by atoms with van der Waals surface area (Å²) in [6, 6.07) is 0. The van der Waals surface area contributed by atoms with Crippen LogP contribution in [0.3, 0.4) is 0 Å². The van der Waals surface area contributed by atoms with Gasteiger partial charge in [0.05, 0.1) is 6.61 Å². The van der Waals surface area contributed by atoms with Gasteiger partial charge in [0, 0.05) is 12.8 Å². The van der Waals surface area contributed by atoms with E-state index in [0.29, 0.717) is 12.8 Å². The topological polar surface area (TPSA) is 72.8 Å². The lowest BCUT2D eigenvalue weighted by atomic mass is 10.1. The number of aliphatic hydroxyl groups is 1. The molecule has 0 aliphatic heterocycles. The van der Waals surface area contributed by atoms with Crippen LogP contribution in [0.15, 0.2) is 85.1 Å². The summed E-state index contributed by atoms with van der Waals surface area (Å²) >= 11 is 0. The summed E-state index contributed by atoms with van der Waals surface area (Å²) in [5, 5.41) is 9.56. The van der Waals surface area contributed by atoms with Crippen LogP contribution in [0.1, 0.15) is 174 Å². The molecule has 1 unspecified atom stereocenters. The van der Waals surface area contributed by atoms with E-state index in [1.165, 1.54) is 64.2 Å². The summed E-state index contributed by atoms with van der Waals surface area (Å²) in [6.45, 7) is 3.97. The number of ether oxygens (including phenoxy) is 2. The molecule has 0 spiro atoms. The van der Waals surface area contributed by atoms with Gasteiger partial charge in [-0.05, 0) is 89.9 Å². The summed E-state index contributed by atoms with van der Waals surface area (Å²) in [4.78, 5) is 24.3. The highest BCUT2D eigenvalue weighted by Gasteiger charge is 2.16. The van der Waals surface area contributed by atoms with Crippen molar-refractivity contribution in [1.82, 2.24) is 0 Å². The van der Waals surface area contributed by atoms with Crippen LogP contribution in [-0.4, -0.2) is 36.4 Å². The molecular formula is C46H76O5. The molecular weight excluding hydrogens is 633 g/mol. The summed E-state index contributed by atoms with van der Waals surface area (Å²) in [5.41, 5.74) is 0. The highest BCUT2D eigenvalue weighted by Crippen LogP contribution is 2.11. The Labute approximate surface area is 314 Å². The molecule has 5 heteroatoms. The number of carbonyl (C=O) groups excluding carboxylic acids is 2. The van der Waals surface area contributed by atoms with Crippen molar-refractivity contribution in [2.24, 2.45) is 0 Å². The van der Waals surface area contributed by atoms with Crippen LogP contribution in [0.4, 0.5) is 0 Å². The van der Waals surface area contributed by atoms with E-state index in [9.17, 15) is 14.7 Å². The molecule has 290 valence electrons. The number of allylic oxidation sites excluding steroid dienone is 14. The summed E-state index contributed by atoms with van der Waals surface area (Å²) in [6.07, 6.45) is 56.4. The van der Waals surface area contributed by atoms with E-state index in [1.807, 2.05) is 0 Å². The lowest BCUT2D eigenvalue weighted by Crippen LogP contribution is -2.28. The maximum atomic E-state index is 12.2. The minimum Gasteiger partial charge on any atom is -0.462 e. The van der Waals surface area contributed by atoms with E-state index in [1.54, 1.807) is 0 Å². The van der Waals surface area contributed by atoms with Gasteiger partial charge in [0.15, 0.2) is 6.10 Å². The van der Waals surface area contributed by atoms with Gasteiger partial charge in [-0.3, -0.25) is 9.59 Å². The normalized spacial score (nSPS) is 13.1. The van der Waals surface area contributed by atoms with Crippen molar-refractivity contribution < 1.29 is 24.2 Å². The van der Waals surface area contributed by atoms with E-state index in [2.05, 4.69) is 98.9 Å². The number of unbranched alkanes of at least 4 members (excludes halogenated alkanes) is 14. The Morgan fingerprint density at radius 2 is 0.843 bits per heavy atom. The second kappa shape index (κ2) is 41.5. The monoisotopic (exact) mass is 709 g/mol. The molecule has 51 heavy (non-hydrogen) atoms. The first kappa shape index (κ1) is 48.1. The molecule has 0 aromatic heterocycles. The highest BCUT2D eigenvalue weighted by atomic mass is 16.6.